The maximum Gasteiger partial charge on any atom is 0.0809 e. The minimum Gasteiger partial charge on any atom is -0.373 e. The predicted octanol–water partition coefficient (Wildman–Crippen LogP) is 2.62. The van der Waals surface area contributed by atoms with Crippen molar-refractivity contribution in [2.75, 3.05) is 0 Å². The Labute approximate surface area is 58.4 Å². The van der Waals surface area contributed by atoms with Gasteiger partial charge in [0.15, 0.2) is 0 Å². The first-order chi connectivity index (χ1) is 4.16. The molecule has 1 heteroatoms. The third kappa shape index (κ3) is 5.84. The molecule has 0 saturated carbocycles. The van der Waals surface area contributed by atoms with Crippen LogP contribution in [0.4, 0.5) is 0 Å². The van der Waals surface area contributed by atoms with Gasteiger partial charge in [-0.1, -0.05) is 13.8 Å². The van der Waals surface area contributed by atoms with E-state index in [0.717, 1.165) is 12.3 Å². The third-order valence-electron chi connectivity index (χ3n) is 1.17. The summed E-state index contributed by atoms with van der Waals surface area (Å²) >= 11 is 0. The van der Waals surface area contributed by atoms with Crippen molar-refractivity contribution in [3.05, 3.63) is 6.61 Å². The summed E-state index contributed by atoms with van der Waals surface area (Å²) in [5.74, 6) is 0.736. The monoisotopic (exact) mass is 129 g/mol. The van der Waals surface area contributed by atoms with Crippen LogP contribution in [0.15, 0.2) is 0 Å². The van der Waals surface area contributed by atoms with E-state index in [4.69, 9.17) is 4.74 Å². The first kappa shape index (κ1) is 8.96. The molecule has 0 aromatic heterocycles. The molecule has 9 heavy (non-hydrogen) atoms. The van der Waals surface area contributed by atoms with Crippen molar-refractivity contribution < 1.29 is 4.74 Å². The number of rotatable bonds is 4. The van der Waals surface area contributed by atoms with Gasteiger partial charge in [0.2, 0.25) is 0 Å². The van der Waals surface area contributed by atoms with Gasteiger partial charge in [0.05, 0.1) is 12.7 Å². The molecule has 0 aromatic rings. The Morgan fingerprint density at radius 2 is 1.89 bits per heavy atom. The first-order valence-corrected chi connectivity index (χ1v) is 3.60. The number of ether oxygens (including phenoxy) is 1. The van der Waals surface area contributed by atoms with Crippen molar-refractivity contribution in [2.24, 2.45) is 5.92 Å². The Kier molecular flexibility index (Phi) is 4.78. The lowest BCUT2D eigenvalue weighted by molar-refractivity contribution is 0.106. The fourth-order valence-electron chi connectivity index (χ4n) is 0.952. The van der Waals surface area contributed by atoms with Gasteiger partial charge in [0.25, 0.3) is 0 Å². The van der Waals surface area contributed by atoms with Crippen LogP contribution in [0.3, 0.4) is 0 Å². The minimum atomic E-state index is 0.384. The first-order valence-electron chi connectivity index (χ1n) is 3.60. The predicted molar refractivity (Wildman–Crippen MR) is 40.0 cm³/mol. The average molecular weight is 129 g/mol. The molecular weight excluding hydrogens is 112 g/mol. The van der Waals surface area contributed by atoms with E-state index in [2.05, 4.69) is 20.8 Å². The molecule has 0 amide bonds. The Bertz CT molecular complexity index is 59.6. The van der Waals surface area contributed by atoms with Crippen molar-refractivity contribution >= 4 is 0 Å². The van der Waals surface area contributed by atoms with Crippen LogP contribution in [-0.4, -0.2) is 6.10 Å². The summed E-state index contributed by atoms with van der Waals surface area (Å²) in [6.45, 7) is 10.2. The van der Waals surface area contributed by atoms with E-state index in [9.17, 15) is 0 Å². The van der Waals surface area contributed by atoms with Crippen LogP contribution in [0.2, 0.25) is 0 Å². The van der Waals surface area contributed by atoms with E-state index in [-0.39, 0.29) is 0 Å². The van der Waals surface area contributed by atoms with Gasteiger partial charge in [0, 0.05) is 0 Å². The molecule has 0 aromatic carbocycles. The molecule has 0 rings (SSSR count). The fourth-order valence-corrected chi connectivity index (χ4v) is 0.952. The zero-order valence-corrected chi connectivity index (χ0v) is 6.85. The average Bonchev–Trinajstić information content (AvgIpc) is 1.63. The summed E-state index contributed by atoms with van der Waals surface area (Å²) in [4.78, 5) is 0. The second-order valence-corrected chi connectivity index (χ2v) is 2.81. The summed E-state index contributed by atoms with van der Waals surface area (Å²) in [5, 5.41) is 0. The molecule has 1 atom stereocenters. The van der Waals surface area contributed by atoms with Crippen molar-refractivity contribution in [2.45, 2.75) is 40.2 Å². The molecule has 0 aliphatic carbocycles. The van der Waals surface area contributed by atoms with E-state index < -0.39 is 0 Å². The highest BCUT2D eigenvalue weighted by atomic mass is 16.5. The largest absolute Gasteiger partial charge is 0.373 e. The molecule has 55 valence electrons. The molecule has 0 saturated heterocycles. The standard InChI is InChI=1S/C8H17O/c1-5-9-8(4)6-7(2)3/h5,7-8H,6H2,1-4H3. The van der Waals surface area contributed by atoms with E-state index in [1.807, 2.05) is 6.92 Å². The Morgan fingerprint density at radius 1 is 1.33 bits per heavy atom. The summed E-state index contributed by atoms with van der Waals surface area (Å²) in [6, 6.07) is 0. The van der Waals surface area contributed by atoms with Crippen molar-refractivity contribution in [1.29, 1.82) is 0 Å². The topological polar surface area (TPSA) is 9.23 Å². The highest BCUT2D eigenvalue weighted by molar-refractivity contribution is 4.55. The van der Waals surface area contributed by atoms with Crippen molar-refractivity contribution in [3.8, 4) is 0 Å². The maximum atomic E-state index is 5.23. The van der Waals surface area contributed by atoms with E-state index in [1.54, 1.807) is 6.61 Å². The lowest BCUT2D eigenvalue weighted by Gasteiger charge is -2.12. The van der Waals surface area contributed by atoms with Gasteiger partial charge in [-0.25, -0.2) is 0 Å². The van der Waals surface area contributed by atoms with Gasteiger partial charge in [-0.05, 0) is 26.2 Å². The van der Waals surface area contributed by atoms with E-state index >= 15 is 0 Å². The van der Waals surface area contributed by atoms with Crippen LogP contribution >= 0.6 is 0 Å². The molecule has 1 nitrogen and oxygen atoms in total. The molecular formula is C8H17O. The van der Waals surface area contributed by atoms with Gasteiger partial charge in [-0.3, -0.25) is 0 Å². The molecule has 1 radical (unpaired) electrons. The van der Waals surface area contributed by atoms with Crippen molar-refractivity contribution in [1.82, 2.24) is 0 Å². The number of hydrogen-bond donors (Lipinski definition) is 0. The molecule has 0 aliphatic heterocycles. The van der Waals surface area contributed by atoms with Gasteiger partial charge >= 0.3 is 0 Å². The summed E-state index contributed by atoms with van der Waals surface area (Å²) in [7, 11) is 0. The van der Waals surface area contributed by atoms with Crippen molar-refractivity contribution in [3.63, 3.8) is 0 Å². The van der Waals surface area contributed by atoms with E-state index in [1.165, 1.54) is 0 Å². The highest BCUT2D eigenvalue weighted by Crippen LogP contribution is 2.07. The second-order valence-electron chi connectivity index (χ2n) is 2.81. The van der Waals surface area contributed by atoms with Crippen LogP contribution in [0, 0.1) is 12.5 Å². The number of hydrogen-bond acceptors (Lipinski definition) is 1. The quantitative estimate of drug-likeness (QED) is 0.567. The normalized spacial score (nSPS) is 14.3. The van der Waals surface area contributed by atoms with Gasteiger partial charge in [-0.15, -0.1) is 0 Å². The summed E-state index contributed by atoms with van der Waals surface area (Å²) in [6.07, 6.45) is 1.53. The fraction of sp³-hybridized carbons (Fsp3) is 0.875. The van der Waals surface area contributed by atoms with Crippen LogP contribution < -0.4 is 0 Å². The maximum absolute atomic E-state index is 5.23. The van der Waals surface area contributed by atoms with Crippen LogP contribution in [0.5, 0.6) is 0 Å². The molecule has 1 unspecified atom stereocenters. The minimum absolute atomic E-state index is 0.384. The van der Waals surface area contributed by atoms with Gasteiger partial charge < -0.3 is 4.74 Å². The van der Waals surface area contributed by atoms with Gasteiger partial charge in [-0.2, -0.15) is 0 Å². The molecule has 0 bridgehead atoms. The lowest BCUT2D eigenvalue weighted by Crippen LogP contribution is -2.08. The Hall–Kier alpha value is -0.0400. The Morgan fingerprint density at radius 3 is 2.22 bits per heavy atom. The molecule has 0 N–H and O–H groups in total. The zero-order chi connectivity index (χ0) is 7.28. The second kappa shape index (κ2) is 4.80. The lowest BCUT2D eigenvalue weighted by atomic mass is 10.1. The van der Waals surface area contributed by atoms with Crippen LogP contribution in [0.1, 0.15) is 34.1 Å². The third-order valence-corrected chi connectivity index (χ3v) is 1.17. The van der Waals surface area contributed by atoms with Gasteiger partial charge in [0.1, 0.15) is 0 Å². The highest BCUT2D eigenvalue weighted by Gasteiger charge is 2.02. The molecule has 0 heterocycles. The van der Waals surface area contributed by atoms with Crippen LogP contribution in [-0.2, 0) is 4.74 Å². The summed E-state index contributed by atoms with van der Waals surface area (Å²) in [5.41, 5.74) is 0. The zero-order valence-electron chi connectivity index (χ0n) is 6.85. The van der Waals surface area contributed by atoms with E-state index in [0.29, 0.717) is 6.10 Å². The SMILES string of the molecule is C[CH]OC(C)CC(C)C. The smallest absolute Gasteiger partial charge is 0.0809 e. The molecule has 0 spiro atoms. The summed E-state index contributed by atoms with van der Waals surface area (Å²) < 4.78 is 5.23. The Balaban J connectivity index is 3.15. The molecule has 0 aliphatic rings. The van der Waals surface area contributed by atoms with Crippen LogP contribution in [0.25, 0.3) is 0 Å². The molecule has 0 fully saturated rings.